The quantitative estimate of drug-likeness (QED) is 0.699. The molecule has 94 valence electrons. The number of fused-ring (bicyclic) bond motifs is 3. The van der Waals surface area contributed by atoms with Crippen LogP contribution in [0.5, 0.6) is 0 Å². The van der Waals surface area contributed by atoms with Gasteiger partial charge in [0.1, 0.15) is 0 Å². The third kappa shape index (κ3) is 1.22. The zero-order chi connectivity index (χ0) is 12.6. The maximum atomic E-state index is 12.1. The van der Waals surface area contributed by atoms with Crippen LogP contribution in [0.15, 0.2) is 11.6 Å². The van der Waals surface area contributed by atoms with Crippen molar-refractivity contribution in [2.75, 3.05) is 0 Å². The van der Waals surface area contributed by atoms with E-state index in [0.717, 1.165) is 6.42 Å². The Labute approximate surface area is 103 Å². The smallest absolute Gasteiger partial charge is 0.159 e. The molecule has 2 nitrogen and oxygen atoms in total. The number of aliphatic hydroxyl groups is 1. The highest BCUT2D eigenvalue weighted by Crippen LogP contribution is 2.73. The molecule has 5 unspecified atom stereocenters. The molecule has 3 rings (SSSR count). The van der Waals surface area contributed by atoms with Gasteiger partial charge < -0.3 is 5.11 Å². The molecule has 2 heteroatoms. The van der Waals surface area contributed by atoms with Gasteiger partial charge >= 0.3 is 0 Å². The van der Waals surface area contributed by atoms with Crippen molar-refractivity contribution in [1.82, 2.24) is 0 Å². The van der Waals surface area contributed by atoms with Crippen molar-refractivity contribution in [1.29, 1.82) is 0 Å². The summed E-state index contributed by atoms with van der Waals surface area (Å²) >= 11 is 0. The van der Waals surface area contributed by atoms with E-state index in [-0.39, 0.29) is 22.9 Å². The second kappa shape index (κ2) is 3.03. The molecular weight excluding hydrogens is 212 g/mol. The van der Waals surface area contributed by atoms with E-state index in [4.69, 9.17) is 0 Å². The van der Waals surface area contributed by atoms with Gasteiger partial charge in [-0.1, -0.05) is 33.3 Å². The molecule has 0 radical (unpaired) electrons. The molecule has 5 atom stereocenters. The van der Waals surface area contributed by atoms with Crippen LogP contribution in [0.1, 0.15) is 40.5 Å². The highest BCUT2D eigenvalue weighted by molar-refractivity contribution is 5.97. The molecule has 0 bridgehead atoms. The summed E-state index contributed by atoms with van der Waals surface area (Å²) in [5.41, 5.74) is 1.50. The number of allylic oxidation sites excluding steroid dienone is 1. The molecule has 17 heavy (non-hydrogen) atoms. The van der Waals surface area contributed by atoms with E-state index in [1.165, 1.54) is 5.57 Å². The van der Waals surface area contributed by atoms with Gasteiger partial charge in [-0.15, -0.1) is 0 Å². The maximum absolute atomic E-state index is 12.1. The summed E-state index contributed by atoms with van der Waals surface area (Å²) in [6, 6.07) is 0. The molecule has 1 N–H and O–H groups in total. The van der Waals surface area contributed by atoms with Crippen LogP contribution >= 0.6 is 0 Å². The van der Waals surface area contributed by atoms with Crippen molar-refractivity contribution < 1.29 is 9.90 Å². The fraction of sp³-hybridized carbons (Fsp3) is 0.800. The number of carbonyl (C=O) groups excluding carboxylic acids is 1. The number of ketones is 1. The van der Waals surface area contributed by atoms with Crippen molar-refractivity contribution in [2.45, 2.75) is 46.6 Å². The number of hydrogen-bond donors (Lipinski definition) is 1. The molecule has 0 aliphatic heterocycles. The Morgan fingerprint density at radius 3 is 2.65 bits per heavy atom. The molecule has 0 heterocycles. The standard InChI is InChI=1S/C15H22O2/c1-8-5-10(16)6-9-7-11(17)12-13(14(12,2)3)15(8,9)4/h7-8,10,12-13,16H,5-6H2,1-4H3. The highest BCUT2D eigenvalue weighted by Gasteiger charge is 2.71. The zero-order valence-corrected chi connectivity index (χ0v) is 11.2. The van der Waals surface area contributed by atoms with Crippen LogP contribution in [0.3, 0.4) is 0 Å². The SMILES string of the molecule is CC1CC(O)CC2=CC(=O)C3C(C3(C)C)C21C. The largest absolute Gasteiger partial charge is 0.393 e. The first-order chi connectivity index (χ1) is 7.79. The predicted octanol–water partition coefficient (Wildman–Crippen LogP) is 2.56. The van der Waals surface area contributed by atoms with Gasteiger partial charge in [-0.05, 0) is 41.6 Å². The van der Waals surface area contributed by atoms with Gasteiger partial charge in [-0.25, -0.2) is 0 Å². The lowest BCUT2D eigenvalue weighted by Gasteiger charge is -2.46. The van der Waals surface area contributed by atoms with Gasteiger partial charge in [0.15, 0.2) is 5.78 Å². The third-order valence-electron chi connectivity index (χ3n) is 5.89. The fourth-order valence-corrected chi connectivity index (χ4v) is 4.80. The van der Waals surface area contributed by atoms with Gasteiger partial charge in [0.2, 0.25) is 0 Å². The molecule has 0 saturated heterocycles. The monoisotopic (exact) mass is 234 g/mol. The van der Waals surface area contributed by atoms with Gasteiger partial charge in [0, 0.05) is 5.92 Å². The molecule has 3 aliphatic rings. The summed E-state index contributed by atoms with van der Waals surface area (Å²) in [7, 11) is 0. The molecule has 0 amide bonds. The number of carbonyl (C=O) groups is 1. The van der Waals surface area contributed by atoms with Crippen LogP contribution in [0.4, 0.5) is 0 Å². The first kappa shape index (κ1) is 11.5. The first-order valence-corrected chi connectivity index (χ1v) is 6.72. The van der Waals surface area contributed by atoms with Crippen LogP contribution in [0.25, 0.3) is 0 Å². The van der Waals surface area contributed by atoms with Gasteiger partial charge in [0.25, 0.3) is 0 Å². The zero-order valence-electron chi connectivity index (χ0n) is 11.2. The highest BCUT2D eigenvalue weighted by atomic mass is 16.3. The normalized spacial score (nSPS) is 51.4. The van der Waals surface area contributed by atoms with Crippen molar-refractivity contribution in [2.24, 2.45) is 28.6 Å². The average molecular weight is 234 g/mol. The van der Waals surface area contributed by atoms with Crippen molar-refractivity contribution in [3.63, 3.8) is 0 Å². The molecule has 0 spiro atoms. The van der Waals surface area contributed by atoms with Crippen LogP contribution in [-0.2, 0) is 4.79 Å². The van der Waals surface area contributed by atoms with Crippen molar-refractivity contribution in [3.8, 4) is 0 Å². The van der Waals surface area contributed by atoms with Crippen LogP contribution in [-0.4, -0.2) is 17.0 Å². The average Bonchev–Trinajstić information content (AvgIpc) is 2.77. The van der Waals surface area contributed by atoms with E-state index in [0.29, 0.717) is 24.0 Å². The summed E-state index contributed by atoms with van der Waals surface area (Å²) in [5.74, 6) is 1.49. The third-order valence-corrected chi connectivity index (χ3v) is 5.89. The molecule has 0 aromatic rings. The van der Waals surface area contributed by atoms with E-state index in [9.17, 15) is 9.90 Å². The summed E-state index contributed by atoms with van der Waals surface area (Å²) in [4.78, 5) is 12.1. The van der Waals surface area contributed by atoms with Crippen LogP contribution < -0.4 is 0 Å². The van der Waals surface area contributed by atoms with E-state index < -0.39 is 0 Å². The molecule has 0 aromatic carbocycles. The number of rotatable bonds is 0. The second-order valence-corrected chi connectivity index (χ2v) is 7.13. The second-order valence-electron chi connectivity index (χ2n) is 7.13. The molecule has 0 aromatic heterocycles. The number of aliphatic hydroxyl groups excluding tert-OH is 1. The molecule has 3 aliphatic carbocycles. The minimum absolute atomic E-state index is 0.140. The maximum Gasteiger partial charge on any atom is 0.159 e. The van der Waals surface area contributed by atoms with E-state index >= 15 is 0 Å². The lowest BCUT2D eigenvalue weighted by atomic mass is 9.58. The Balaban J connectivity index is 2.08. The van der Waals surface area contributed by atoms with Crippen molar-refractivity contribution >= 4 is 5.78 Å². The fourth-order valence-electron chi connectivity index (χ4n) is 4.80. The summed E-state index contributed by atoms with van der Waals surface area (Å²) < 4.78 is 0. The molecule has 2 fully saturated rings. The summed E-state index contributed by atoms with van der Waals surface area (Å²) in [5, 5.41) is 9.90. The van der Waals surface area contributed by atoms with Gasteiger partial charge in [-0.3, -0.25) is 4.79 Å². The summed E-state index contributed by atoms with van der Waals surface area (Å²) in [6.07, 6.45) is 3.18. The van der Waals surface area contributed by atoms with Crippen molar-refractivity contribution in [3.05, 3.63) is 11.6 Å². The number of hydrogen-bond acceptors (Lipinski definition) is 2. The van der Waals surface area contributed by atoms with Crippen LogP contribution in [0, 0.1) is 28.6 Å². The Kier molecular flexibility index (Phi) is 2.04. The first-order valence-electron chi connectivity index (χ1n) is 6.72. The Bertz CT molecular complexity index is 421. The Morgan fingerprint density at radius 2 is 2.00 bits per heavy atom. The molecule has 2 saturated carbocycles. The lowest BCUT2D eigenvalue weighted by Crippen LogP contribution is -2.42. The molecular formula is C15H22O2. The van der Waals surface area contributed by atoms with Crippen LogP contribution in [0.2, 0.25) is 0 Å². The van der Waals surface area contributed by atoms with E-state index in [1.807, 2.05) is 6.08 Å². The minimum Gasteiger partial charge on any atom is -0.393 e. The minimum atomic E-state index is -0.254. The van der Waals surface area contributed by atoms with Gasteiger partial charge in [0.05, 0.1) is 6.10 Å². The van der Waals surface area contributed by atoms with E-state index in [1.54, 1.807) is 0 Å². The van der Waals surface area contributed by atoms with E-state index in [2.05, 4.69) is 27.7 Å². The Morgan fingerprint density at radius 1 is 1.35 bits per heavy atom. The lowest BCUT2D eigenvalue weighted by molar-refractivity contribution is -0.117. The summed E-state index contributed by atoms with van der Waals surface area (Å²) in [6.45, 7) is 8.99. The Hall–Kier alpha value is -0.630. The topological polar surface area (TPSA) is 37.3 Å². The van der Waals surface area contributed by atoms with Gasteiger partial charge in [-0.2, -0.15) is 0 Å². The predicted molar refractivity (Wildman–Crippen MR) is 66.4 cm³/mol.